The van der Waals surface area contributed by atoms with Crippen molar-refractivity contribution in [1.82, 2.24) is 5.32 Å². The van der Waals surface area contributed by atoms with Gasteiger partial charge < -0.3 is 40.3 Å². The maximum absolute atomic E-state index is 11.2. The van der Waals surface area contributed by atoms with Gasteiger partial charge in [0.2, 0.25) is 5.91 Å². The molecule has 0 bridgehead atoms. The summed E-state index contributed by atoms with van der Waals surface area (Å²) in [5.41, 5.74) is 0. The van der Waals surface area contributed by atoms with Crippen LogP contribution in [0.25, 0.3) is 0 Å². The minimum atomic E-state index is -1.55. The van der Waals surface area contributed by atoms with Crippen molar-refractivity contribution in [1.29, 1.82) is 0 Å². The molecule has 9 heteroatoms. The highest BCUT2D eigenvalue weighted by Crippen LogP contribution is 2.22. The summed E-state index contributed by atoms with van der Waals surface area (Å²) < 4.78 is 10.5. The molecule has 9 nitrogen and oxygen atoms in total. The molecular formula is C14H25NO8. The number of nitrogens with one attached hydrogen (secondary N) is 1. The van der Waals surface area contributed by atoms with Crippen LogP contribution in [0.15, 0.2) is 12.2 Å². The SMILES string of the molecule is C/C=C/[C@@H](O)[C@H](COC1OC(CO)C(O)C(O)C1O)NC(C)=O. The highest BCUT2D eigenvalue weighted by Gasteiger charge is 2.44. The predicted octanol–water partition coefficient (Wildman–Crippen LogP) is -2.76. The molecule has 1 rings (SSSR count). The number of aliphatic hydroxyl groups excluding tert-OH is 5. The number of aliphatic hydroxyl groups is 5. The summed E-state index contributed by atoms with van der Waals surface area (Å²) >= 11 is 0. The van der Waals surface area contributed by atoms with Crippen LogP contribution in [0.1, 0.15) is 13.8 Å². The van der Waals surface area contributed by atoms with Crippen LogP contribution >= 0.6 is 0 Å². The van der Waals surface area contributed by atoms with Gasteiger partial charge in [-0.1, -0.05) is 12.2 Å². The van der Waals surface area contributed by atoms with Gasteiger partial charge >= 0.3 is 0 Å². The fourth-order valence-electron chi connectivity index (χ4n) is 2.22. The molecule has 0 saturated carbocycles. The van der Waals surface area contributed by atoms with Crippen molar-refractivity contribution >= 4 is 5.91 Å². The number of carbonyl (C=O) groups excluding carboxylic acids is 1. The molecule has 7 atom stereocenters. The van der Waals surface area contributed by atoms with E-state index in [-0.39, 0.29) is 12.5 Å². The Morgan fingerprint density at radius 3 is 2.48 bits per heavy atom. The van der Waals surface area contributed by atoms with Crippen molar-refractivity contribution in [2.75, 3.05) is 13.2 Å². The second kappa shape index (κ2) is 9.28. The van der Waals surface area contributed by atoms with Gasteiger partial charge in [-0.3, -0.25) is 4.79 Å². The topological polar surface area (TPSA) is 149 Å². The van der Waals surface area contributed by atoms with E-state index in [0.717, 1.165) is 0 Å². The van der Waals surface area contributed by atoms with Gasteiger partial charge in [-0.05, 0) is 6.92 Å². The maximum atomic E-state index is 11.2. The lowest BCUT2D eigenvalue weighted by atomic mass is 9.99. The highest BCUT2D eigenvalue weighted by atomic mass is 16.7. The zero-order valence-corrected chi connectivity index (χ0v) is 13.1. The number of carbonyl (C=O) groups is 1. The van der Waals surface area contributed by atoms with E-state index in [9.17, 15) is 25.2 Å². The number of rotatable bonds is 7. The number of amides is 1. The first-order valence-electron chi connectivity index (χ1n) is 7.31. The fourth-order valence-corrected chi connectivity index (χ4v) is 2.22. The summed E-state index contributed by atoms with van der Waals surface area (Å²) in [7, 11) is 0. The molecule has 0 aromatic carbocycles. The van der Waals surface area contributed by atoms with Crippen LogP contribution in [0.5, 0.6) is 0 Å². The first-order valence-corrected chi connectivity index (χ1v) is 7.31. The summed E-state index contributed by atoms with van der Waals surface area (Å²) in [5.74, 6) is -0.379. The van der Waals surface area contributed by atoms with Gasteiger partial charge in [0.1, 0.15) is 24.4 Å². The molecule has 0 aliphatic carbocycles. The third-order valence-electron chi connectivity index (χ3n) is 3.48. The molecule has 1 aliphatic heterocycles. The van der Waals surface area contributed by atoms with E-state index < -0.39 is 49.5 Å². The van der Waals surface area contributed by atoms with Crippen LogP contribution in [0.2, 0.25) is 0 Å². The van der Waals surface area contributed by atoms with Crippen molar-refractivity contribution in [2.24, 2.45) is 0 Å². The first-order chi connectivity index (χ1) is 10.8. The van der Waals surface area contributed by atoms with Crippen LogP contribution in [-0.2, 0) is 14.3 Å². The van der Waals surface area contributed by atoms with Crippen LogP contribution in [0.4, 0.5) is 0 Å². The minimum absolute atomic E-state index is 0.215. The number of ether oxygens (including phenoxy) is 2. The third-order valence-corrected chi connectivity index (χ3v) is 3.48. The zero-order valence-electron chi connectivity index (χ0n) is 13.1. The maximum Gasteiger partial charge on any atom is 0.217 e. The van der Waals surface area contributed by atoms with Gasteiger partial charge in [0.25, 0.3) is 0 Å². The molecule has 1 aliphatic rings. The predicted molar refractivity (Wildman–Crippen MR) is 78.1 cm³/mol. The van der Waals surface area contributed by atoms with Gasteiger partial charge in [-0.15, -0.1) is 0 Å². The van der Waals surface area contributed by atoms with E-state index in [0.29, 0.717) is 0 Å². The summed E-state index contributed by atoms with van der Waals surface area (Å²) in [6.07, 6.45) is -4.93. The van der Waals surface area contributed by atoms with Crippen LogP contribution in [0, 0.1) is 0 Å². The summed E-state index contributed by atoms with van der Waals surface area (Å²) in [4.78, 5) is 11.2. The van der Waals surface area contributed by atoms with E-state index >= 15 is 0 Å². The van der Waals surface area contributed by atoms with Crippen molar-refractivity contribution in [2.45, 2.75) is 56.7 Å². The van der Waals surface area contributed by atoms with E-state index in [1.54, 1.807) is 13.0 Å². The molecule has 0 aromatic heterocycles. The second-order valence-electron chi connectivity index (χ2n) is 5.35. The smallest absolute Gasteiger partial charge is 0.217 e. The lowest BCUT2D eigenvalue weighted by molar-refractivity contribution is -0.302. The Bertz CT molecular complexity index is 402. The van der Waals surface area contributed by atoms with Crippen molar-refractivity contribution in [3.8, 4) is 0 Å². The van der Waals surface area contributed by atoms with Crippen molar-refractivity contribution in [3.63, 3.8) is 0 Å². The van der Waals surface area contributed by atoms with Gasteiger partial charge in [0.05, 0.1) is 25.4 Å². The molecule has 6 N–H and O–H groups in total. The van der Waals surface area contributed by atoms with Gasteiger partial charge in [0, 0.05) is 6.92 Å². The molecule has 0 spiro atoms. The fraction of sp³-hybridized carbons (Fsp3) is 0.786. The lowest BCUT2D eigenvalue weighted by Crippen LogP contribution is -2.60. The largest absolute Gasteiger partial charge is 0.394 e. The van der Waals surface area contributed by atoms with E-state index in [1.807, 2.05) is 0 Å². The summed E-state index contributed by atoms with van der Waals surface area (Å²) in [6.45, 7) is 2.20. The standard InChI is InChI=1S/C14H25NO8/c1-3-4-9(18)8(15-7(2)17)6-22-14-13(21)12(20)11(19)10(5-16)23-14/h3-4,8-14,16,18-21H,5-6H2,1-2H3,(H,15,17)/b4-3+/t8-,9+,10?,11?,12?,13?,14?/m0/s1. The van der Waals surface area contributed by atoms with Crippen molar-refractivity contribution in [3.05, 3.63) is 12.2 Å². The van der Waals surface area contributed by atoms with E-state index in [4.69, 9.17) is 14.6 Å². The Labute approximate surface area is 134 Å². The average molecular weight is 335 g/mol. The molecule has 0 radical (unpaired) electrons. The second-order valence-corrected chi connectivity index (χ2v) is 5.35. The number of hydrogen-bond donors (Lipinski definition) is 6. The Morgan fingerprint density at radius 2 is 1.96 bits per heavy atom. The molecule has 1 amide bonds. The van der Waals surface area contributed by atoms with Gasteiger partial charge in [-0.2, -0.15) is 0 Å². The highest BCUT2D eigenvalue weighted by molar-refractivity contribution is 5.73. The quantitative estimate of drug-likeness (QED) is 0.274. The average Bonchev–Trinajstić information content (AvgIpc) is 2.50. The van der Waals surface area contributed by atoms with Crippen LogP contribution in [0.3, 0.4) is 0 Å². The Kier molecular flexibility index (Phi) is 8.06. The Balaban J connectivity index is 2.69. The molecule has 1 heterocycles. The van der Waals surface area contributed by atoms with Gasteiger partial charge in [0.15, 0.2) is 6.29 Å². The van der Waals surface area contributed by atoms with E-state index in [2.05, 4.69) is 5.32 Å². The summed E-state index contributed by atoms with van der Waals surface area (Å²) in [5, 5.41) is 50.7. The molecule has 1 saturated heterocycles. The van der Waals surface area contributed by atoms with Crippen LogP contribution < -0.4 is 5.32 Å². The minimum Gasteiger partial charge on any atom is -0.394 e. The molecule has 5 unspecified atom stereocenters. The normalized spacial score (nSPS) is 34.3. The lowest BCUT2D eigenvalue weighted by Gasteiger charge is -2.40. The van der Waals surface area contributed by atoms with E-state index in [1.165, 1.54) is 13.0 Å². The summed E-state index contributed by atoms with van der Waals surface area (Å²) in [6, 6.07) is -0.795. The molecule has 1 fully saturated rings. The number of allylic oxidation sites excluding steroid dienone is 1. The van der Waals surface area contributed by atoms with Gasteiger partial charge in [-0.25, -0.2) is 0 Å². The number of hydrogen-bond acceptors (Lipinski definition) is 8. The molecule has 134 valence electrons. The monoisotopic (exact) mass is 335 g/mol. The molecule has 23 heavy (non-hydrogen) atoms. The zero-order chi connectivity index (χ0) is 17.6. The Hall–Kier alpha value is -1.07. The molecular weight excluding hydrogens is 310 g/mol. The molecule has 0 aromatic rings. The van der Waals surface area contributed by atoms with Crippen molar-refractivity contribution < 1.29 is 39.8 Å². The van der Waals surface area contributed by atoms with Crippen LogP contribution in [-0.4, -0.2) is 87.5 Å². The first kappa shape index (κ1) is 20.0. The Morgan fingerprint density at radius 1 is 1.30 bits per heavy atom. The third kappa shape index (κ3) is 5.50.